The molecule has 2 N–H and O–H groups in total. The third-order valence-corrected chi connectivity index (χ3v) is 7.32. The van der Waals surface area contributed by atoms with E-state index in [0.717, 1.165) is 26.4 Å². The highest BCUT2D eigenvalue weighted by Crippen LogP contribution is 2.39. The van der Waals surface area contributed by atoms with E-state index in [1.54, 1.807) is 24.3 Å². The number of fused-ring (bicyclic) bond motifs is 1. The van der Waals surface area contributed by atoms with Crippen molar-refractivity contribution in [3.63, 3.8) is 0 Å². The summed E-state index contributed by atoms with van der Waals surface area (Å²) in [6.07, 6.45) is 1.53. The highest BCUT2D eigenvalue weighted by molar-refractivity contribution is 8.00. The second-order valence-electron chi connectivity index (χ2n) is 7.70. The van der Waals surface area contributed by atoms with Gasteiger partial charge in [0.2, 0.25) is 5.91 Å². The van der Waals surface area contributed by atoms with E-state index in [4.69, 9.17) is 11.6 Å². The number of hydrogen-bond acceptors (Lipinski definition) is 6. The number of nitrogens with one attached hydrogen (secondary N) is 1. The molecule has 5 nitrogen and oxygen atoms in total. The number of anilines is 1. The number of nitrogens with zero attached hydrogens (tertiary/aromatic N) is 2. The zero-order valence-electron chi connectivity index (χ0n) is 17.8. The van der Waals surface area contributed by atoms with Crippen molar-refractivity contribution in [2.75, 3.05) is 5.32 Å². The fourth-order valence-corrected chi connectivity index (χ4v) is 5.35. The maximum Gasteiger partial charge on any atom is 0.237 e. The van der Waals surface area contributed by atoms with Gasteiger partial charge in [0, 0.05) is 16.0 Å². The van der Waals surface area contributed by atoms with Crippen LogP contribution in [0.2, 0.25) is 5.02 Å². The lowest BCUT2D eigenvalue weighted by atomic mass is 9.99. The summed E-state index contributed by atoms with van der Waals surface area (Å²) in [4.78, 5) is 22.6. The Morgan fingerprint density at radius 2 is 1.88 bits per heavy atom. The highest BCUT2D eigenvalue weighted by Gasteiger charge is 2.21. The van der Waals surface area contributed by atoms with Gasteiger partial charge in [0.1, 0.15) is 21.9 Å². The Labute approximate surface area is 199 Å². The third-order valence-electron chi connectivity index (χ3n) is 5.10. The van der Waals surface area contributed by atoms with Gasteiger partial charge in [0.15, 0.2) is 0 Å². The number of halogens is 1. The Morgan fingerprint density at radius 1 is 1.12 bits per heavy atom. The molecular weight excluding hydrogens is 462 g/mol. The lowest BCUT2D eigenvalue weighted by Crippen LogP contribution is -2.22. The first-order valence-electron chi connectivity index (χ1n) is 10.1. The molecule has 2 aromatic heterocycles. The number of amides is 1. The Balaban J connectivity index is 1.61. The van der Waals surface area contributed by atoms with Gasteiger partial charge in [-0.3, -0.25) is 4.79 Å². The van der Waals surface area contributed by atoms with Crippen LogP contribution in [0.5, 0.6) is 5.75 Å². The molecule has 2 heterocycles. The van der Waals surface area contributed by atoms with Crippen LogP contribution in [-0.4, -0.2) is 26.2 Å². The molecule has 0 radical (unpaired) electrons. The summed E-state index contributed by atoms with van der Waals surface area (Å²) in [6, 6.07) is 13.1. The molecule has 0 fully saturated rings. The minimum atomic E-state index is -0.456. The molecule has 0 spiro atoms. The molecule has 2 aromatic carbocycles. The van der Waals surface area contributed by atoms with Gasteiger partial charge >= 0.3 is 0 Å². The average molecular weight is 484 g/mol. The number of carbonyl (C=O) groups excluding carboxylic acids is 1. The van der Waals surface area contributed by atoms with Crippen LogP contribution in [0.4, 0.5) is 5.69 Å². The second-order valence-corrected chi connectivity index (χ2v) is 10.3. The fraction of sp³-hybridized carbons (Fsp3) is 0.208. The summed E-state index contributed by atoms with van der Waals surface area (Å²) in [5.74, 6) is 0.183. The summed E-state index contributed by atoms with van der Waals surface area (Å²) in [5, 5.41) is 16.5. The number of phenolic OH excluding ortho intramolecular Hbond substituents is 1. The SMILES string of the molecule is CC(Sc1ncnc2scc(-c3ccc(C(C)C)cc3)c12)C(=O)Nc1cc(Cl)ccc1O. The van der Waals surface area contributed by atoms with Crippen LogP contribution in [0.1, 0.15) is 32.3 Å². The minimum Gasteiger partial charge on any atom is -0.506 e. The molecule has 4 rings (SSSR count). The number of rotatable bonds is 6. The Hall–Kier alpha value is -2.61. The van der Waals surface area contributed by atoms with E-state index < -0.39 is 5.25 Å². The topological polar surface area (TPSA) is 75.1 Å². The zero-order valence-corrected chi connectivity index (χ0v) is 20.2. The molecule has 1 atom stereocenters. The number of aromatic hydroxyl groups is 1. The van der Waals surface area contributed by atoms with Crippen molar-refractivity contribution in [2.45, 2.75) is 37.0 Å². The molecule has 0 saturated heterocycles. The van der Waals surface area contributed by atoms with Crippen molar-refractivity contribution >= 4 is 56.5 Å². The van der Waals surface area contributed by atoms with E-state index in [9.17, 15) is 9.90 Å². The zero-order chi connectivity index (χ0) is 22.8. The first-order valence-corrected chi connectivity index (χ1v) is 12.3. The van der Waals surface area contributed by atoms with Crippen LogP contribution in [-0.2, 0) is 4.79 Å². The van der Waals surface area contributed by atoms with Gasteiger partial charge in [-0.25, -0.2) is 9.97 Å². The van der Waals surface area contributed by atoms with Crippen molar-refractivity contribution in [1.82, 2.24) is 9.97 Å². The van der Waals surface area contributed by atoms with E-state index in [1.807, 2.05) is 0 Å². The van der Waals surface area contributed by atoms with Crippen molar-refractivity contribution in [2.24, 2.45) is 0 Å². The van der Waals surface area contributed by atoms with Gasteiger partial charge in [0.25, 0.3) is 0 Å². The monoisotopic (exact) mass is 483 g/mol. The Kier molecular flexibility index (Phi) is 6.69. The number of aromatic nitrogens is 2. The first-order chi connectivity index (χ1) is 15.3. The van der Waals surface area contributed by atoms with Crippen molar-refractivity contribution in [1.29, 1.82) is 0 Å². The number of benzene rings is 2. The van der Waals surface area contributed by atoms with Crippen LogP contribution >= 0.6 is 34.7 Å². The normalized spacial score (nSPS) is 12.3. The van der Waals surface area contributed by atoms with Crippen LogP contribution in [0.25, 0.3) is 21.3 Å². The summed E-state index contributed by atoms with van der Waals surface area (Å²) < 4.78 is 0. The van der Waals surface area contributed by atoms with Gasteiger partial charge in [-0.1, -0.05) is 61.5 Å². The molecule has 0 saturated carbocycles. The number of hydrogen-bond donors (Lipinski definition) is 2. The molecule has 0 bridgehead atoms. The third kappa shape index (κ3) is 4.75. The molecule has 1 amide bonds. The summed E-state index contributed by atoms with van der Waals surface area (Å²) in [6.45, 7) is 6.15. The standard InChI is InChI=1S/C24H22ClN3O2S2/c1-13(2)15-4-6-16(7-5-15)18-11-31-23-21(18)24(27-12-26-23)32-14(3)22(30)28-19-10-17(25)8-9-20(19)29/h4-14,29H,1-3H3,(H,28,30). The largest absolute Gasteiger partial charge is 0.506 e. The maximum atomic E-state index is 12.8. The van der Waals surface area contributed by atoms with Crippen LogP contribution in [0, 0.1) is 0 Å². The van der Waals surface area contributed by atoms with E-state index in [0.29, 0.717) is 10.9 Å². The predicted octanol–water partition coefficient (Wildman–Crippen LogP) is 6.96. The van der Waals surface area contributed by atoms with E-state index >= 15 is 0 Å². The Bertz CT molecular complexity index is 1270. The van der Waals surface area contributed by atoms with E-state index in [1.165, 1.54) is 35.8 Å². The molecule has 1 unspecified atom stereocenters. The van der Waals surface area contributed by atoms with Crippen LogP contribution < -0.4 is 5.32 Å². The summed E-state index contributed by atoms with van der Waals surface area (Å²) in [7, 11) is 0. The summed E-state index contributed by atoms with van der Waals surface area (Å²) >= 11 is 8.90. The number of phenols is 1. The Morgan fingerprint density at radius 3 is 2.59 bits per heavy atom. The van der Waals surface area contributed by atoms with Crippen LogP contribution in [0.15, 0.2) is 59.2 Å². The van der Waals surface area contributed by atoms with E-state index in [2.05, 4.69) is 58.8 Å². The quantitative estimate of drug-likeness (QED) is 0.176. The number of carbonyl (C=O) groups is 1. The molecular formula is C24H22ClN3O2S2. The highest BCUT2D eigenvalue weighted by atomic mass is 35.5. The predicted molar refractivity (Wildman–Crippen MR) is 134 cm³/mol. The van der Waals surface area contributed by atoms with Gasteiger partial charge < -0.3 is 10.4 Å². The molecule has 164 valence electrons. The van der Waals surface area contributed by atoms with Gasteiger partial charge in [-0.2, -0.15) is 0 Å². The van der Waals surface area contributed by atoms with E-state index in [-0.39, 0.29) is 17.3 Å². The number of thiophene rings is 1. The molecule has 4 aromatic rings. The molecule has 8 heteroatoms. The lowest BCUT2D eigenvalue weighted by molar-refractivity contribution is -0.115. The second kappa shape index (κ2) is 9.48. The molecule has 0 aliphatic carbocycles. The van der Waals surface area contributed by atoms with Crippen molar-refractivity contribution < 1.29 is 9.90 Å². The molecule has 0 aliphatic rings. The molecule has 0 aliphatic heterocycles. The number of thioether (sulfide) groups is 1. The average Bonchev–Trinajstić information content (AvgIpc) is 3.21. The van der Waals surface area contributed by atoms with Crippen molar-refractivity contribution in [3.05, 3.63) is 64.8 Å². The van der Waals surface area contributed by atoms with Gasteiger partial charge in [0.05, 0.1) is 16.3 Å². The fourth-order valence-electron chi connectivity index (χ4n) is 3.26. The summed E-state index contributed by atoms with van der Waals surface area (Å²) in [5.41, 5.74) is 3.72. The van der Waals surface area contributed by atoms with Crippen LogP contribution in [0.3, 0.4) is 0 Å². The van der Waals surface area contributed by atoms with Gasteiger partial charge in [-0.15, -0.1) is 11.3 Å². The smallest absolute Gasteiger partial charge is 0.237 e. The van der Waals surface area contributed by atoms with Crippen molar-refractivity contribution in [3.8, 4) is 16.9 Å². The minimum absolute atomic E-state index is 0.0330. The first kappa shape index (κ1) is 22.6. The van der Waals surface area contributed by atoms with Gasteiger partial charge in [-0.05, 0) is 42.2 Å². The maximum absolute atomic E-state index is 12.8. The molecule has 32 heavy (non-hydrogen) atoms. The lowest BCUT2D eigenvalue weighted by Gasteiger charge is -2.14.